The minimum Gasteiger partial charge on any atom is -0.382 e. The molecular formula is C11H13N5O. The lowest BCUT2D eigenvalue weighted by Crippen LogP contribution is -2.30. The second kappa shape index (κ2) is 4.65. The highest BCUT2D eigenvalue weighted by Gasteiger charge is 2.11. The zero-order valence-corrected chi connectivity index (χ0v) is 9.45. The lowest BCUT2D eigenvalue weighted by molar-refractivity contribution is -0.119. The summed E-state index contributed by atoms with van der Waals surface area (Å²) in [5.74, 6) is 0.322. The molecule has 0 bridgehead atoms. The summed E-state index contributed by atoms with van der Waals surface area (Å²) in [6.45, 7) is 0.155. The highest BCUT2D eigenvalue weighted by Crippen LogP contribution is 2.10. The van der Waals surface area contributed by atoms with E-state index in [-0.39, 0.29) is 12.5 Å². The first-order valence-corrected chi connectivity index (χ1v) is 5.12. The van der Waals surface area contributed by atoms with Crippen LogP contribution in [-0.2, 0) is 11.3 Å². The average Bonchev–Trinajstić information content (AvgIpc) is 2.75. The van der Waals surface area contributed by atoms with Crippen LogP contribution in [0.1, 0.15) is 0 Å². The fourth-order valence-electron chi connectivity index (χ4n) is 1.41. The van der Waals surface area contributed by atoms with Gasteiger partial charge in [-0.15, -0.1) is 0 Å². The zero-order valence-electron chi connectivity index (χ0n) is 9.45. The lowest BCUT2D eigenvalue weighted by atomic mass is 10.3. The Bertz CT molecular complexity index is 508. The number of nitrogens with zero attached hydrogens (tertiary/aromatic N) is 4. The molecule has 6 heteroatoms. The minimum atomic E-state index is -0.0823. The molecule has 0 radical (unpaired) electrons. The molecule has 0 aliphatic rings. The maximum absolute atomic E-state index is 11.9. The normalized spacial score (nSPS) is 10.2. The summed E-state index contributed by atoms with van der Waals surface area (Å²) in [5, 5.41) is 3.96. The van der Waals surface area contributed by atoms with Gasteiger partial charge in [0.1, 0.15) is 12.4 Å². The van der Waals surface area contributed by atoms with E-state index in [9.17, 15) is 4.79 Å². The number of likely N-dealkylation sites (N-methyl/N-ethyl adjacent to an activating group) is 1. The van der Waals surface area contributed by atoms with Crippen molar-refractivity contribution in [1.29, 1.82) is 0 Å². The van der Waals surface area contributed by atoms with E-state index in [1.165, 1.54) is 9.58 Å². The fourth-order valence-corrected chi connectivity index (χ4v) is 1.41. The molecule has 2 N–H and O–H groups in total. The van der Waals surface area contributed by atoms with E-state index in [1.807, 2.05) is 6.07 Å². The number of rotatable bonds is 3. The third-order valence-corrected chi connectivity index (χ3v) is 2.37. The second-order valence-corrected chi connectivity index (χ2v) is 3.60. The first-order chi connectivity index (χ1) is 8.16. The first-order valence-electron chi connectivity index (χ1n) is 5.12. The van der Waals surface area contributed by atoms with Crippen molar-refractivity contribution in [3.63, 3.8) is 0 Å². The summed E-state index contributed by atoms with van der Waals surface area (Å²) >= 11 is 0. The van der Waals surface area contributed by atoms with Crippen LogP contribution in [0.5, 0.6) is 0 Å². The van der Waals surface area contributed by atoms with Crippen molar-refractivity contribution in [3.8, 4) is 0 Å². The van der Waals surface area contributed by atoms with Gasteiger partial charge in [0.25, 0.3) is 0 Å². The van der Waals surface area contributed by atoms with Crippen LogP contribution in [0.15, 0.2) is 36.8 Å². The van der Waals surface area contributed by atoms with Gasteiger partial charge in [-0.3, -0.25) is 14.5 Å². The summed E-state index contributed by atoms with van der Waals surface area (Å²) in [7, 11) is 1.70. The molecule has 0 saturated heterocycles. The van der Waals surface area contributed by atoms with E-state index in [1.54, 1.807) is 37.8 Å². The van der Waals surface area contributed by atoms with E-state index >= 15 is 0 Å². The Morgan fingerprint density at radius 2 is 2.35 bits per heavy atom. The summed E-state index contributed by atoms with van der Waals surface area (Å²) in [6.07, 6.45) is 4.97. The number of nitrogen functional groups attached to an aromatic ring is 1. The van der Waals surface area contributed by atoms with Crippen molar-refractivity contribution < 1.29 is 4.79 Å². The van der Waals surface area contributed by atoms with Crippen molar-refractivity contribution >= 4 is 17.4 Å². The highest BCUT2D eigenvalue weighted by molar-refractivity contribution is 5.92. The molecule has 2 heterocycles. The summed E-state index contributed by atoms with van der Waals surface area (Å²) < 4.78 is 1.50. The van der Waals surface area contributed by atoms with Crippen LogP contribution in [-0.4, -0.2) is 27.7 Å². The van der Waals surface area contributed by atoms with Gasteiger partial charge >= 0.3 is 0 Å². The monoisotopic (exact) mass is 231 g/mol. The van der Waals surface area contributed by atoms with Gasteiger partial charge in [-0.25, -0.2) is 0 Å². The van der Waals surface area contributed by atoms with E-state index in [4.69, 9.17) is 5.73 Å². The number of nitrogens with two attached hydrogens (primary N) is 1. The van der Waals surface area contributed by atoms with Gasteiger partial charge in [-0.05, 0) is 18.2 Å². The molecule has 0 unspecified atom stereocenters. The third-order valence-electron chi connectivity index (χ3n) is 2.37. The number of pyridine rings is 1. The molecule has 2 aromatic heterocycles. The van der Waals surface area contributed by atoms with Crippen molar-refractivity contribution in [3.05, 3.63) is 36.8 Å². The van der Waals surface area contributed by atoms with Crippen molar-refractivity contribution in [2.24, 2.45) is 0 Å². The molecule has 6 nitrogen and oxygen atoms in total. The van der Waals surface area contributed by atoms with E-state index in [0.717, 1.165) is 5.69 Å². The van der Waals surface area contributed by atoms with Gasteiger partial charge in [0.15, 0.2) is 0 Å². The van der Waals surface area contributed by atoms with Crippen molar-refractivity contribution in [1.82, 2.24) is 14.8 Å². The van der Waals surface area contributed by atoms with Crippen LogP contribution in [0.3, 0.4) is 0 Å². The molecule has 2 aromatic rings. The molecule has 1 amide bonds. The number of hydrogen-bond acceptors (Lipinski definition) is 4. The third kappa shape index (κ3) is 2.60. The number of carbonyl (C=O) groups excluding carboxylic acids is 1. The van der Waals surface area contributed by atoms with Gasteiger partial charge in [0.2, 0.25) is 5.91 Å². The van der Waals surface area contributed by atoms with E-state index in [0.29, 0.717) is 5.82 Å². The van der Waals surface area contributed by atoms with Gasteiger partial charge in [0.05, 0.1) is 11.9 Å². The minimum absolute atomic E-state index is 0.0823. The molecule has 0 aliphatic heterocycles. The van der Waals surface area contributed by atoms with Crippen LogP contribution >= 0.6 is 0 Å². The Morgan fingerprint density at radius 1 is 1.53 bits per heavy atom. The maximum Gasteiger partial charge on any atom is 0.248 e. The number of anilines is 2. The number of hydrogen-bond donors (Lipinski definition) is 1. The van der Waals surface area contributed by atoms with Gasteiger partial charge < -0.3 is 10.6 Å². The molecule has 0 fully saturated rings. The van der Waals surface area contributed by atoms with Crippen LogP contribution < -0.4 is 10.6 Å². The van der Waals surface area contributed by atoms with Crippen LogP contribution in [0.2, 0.25) is 0 Å². The lowest BCUT2D eigenvalue weighted by Gasteiger charge is -2.16. The van der Waals surface area contributed by atoms with Crippen LogP contribution in [0.4, 0.5) is 11.5 Å². The molecule has 88 valence electrons. The molecule has 0 atom stereocenters. The molecule has 17 heavy (non-hydrogen) atoms. The van der Waals surface area contributed by atoms with Gasteiger partial charge in [-0.2, -0.15) is 5.10 Å². The number of carbonyl (C=O) groups is 1. The standard InChI is InChI=1S/C11H13N5O/c1-15(9-3-2-5-13-7-9)11(17)8-16-6-4-10(12)14-16/h2-7H,8H2,1H3,(H2,12,14). The summed E-state index contributed by atoms with van der Waals surface area (Å²) in [4.78, 5) is 17.4. The topological polar surface area (TPSA) is 77.0 Å². The Hall–Kier alpha value is -2.37. The Balaban J connectivity index is 2.06. The van der Waals surface area contributed by atoms with Gasteiger partial charge in [-0.1, -0.05) is 0 Å². The fraction of sp³-hybridized carbons (Fsp3) is 0.182. The number of aromatic nitrogens is 3. The van der Waals surface area contributed by atoms with Crippen molar-refractivity contribution in [2.75, 3.05) is 17.7 Å². The zero-order chi connectivity index (χ0) is 12.3. The maximum atomic E-state index is 11.9. The smallest absolute Gasteiger partial charge is 0.248 e. The van der Waals surface area contributed by atoms with Crippen molar-refractivity contribution in [2.45, 2.75) is 6.54 Å². The van der Waals surface area contributed by atoms with E-state index in [2.05, 4.69) is 10.1 Å². The highest BCUT2D eigenvalue weighted by atomic mass is 16.2. The molecule has 0 aliphatic carbocycles. The summed E-state index contributed by atoms with van der Waals surface area (Å²) in [6, 6.07) is 5.25. The summed E-state index contributed by atoms with van der Waals surface area (Å²) in [5.41, 5.74) is 6.22. The average molecular weight is 231 g/mol. The Morgan fingerprint density at radius 3 is 2.94 bits per heavy atom. The van der Waals surface area contributed by atoms with Crippen LogP contribution in [0.25, 0.3) is 0 Å². The largest absolute Gasteiger partial charge is 0.382 e. The Labute approximate surface area is 98.7 Å². The number of amides is 1. The molecule has 0 aromatic carbocycles. The molecule has 2 rings (SSSR count). The first kappa shape index (κ1) is 11.1. The molecular weight excluding hydrogens is 218 g/mol. The molecule has 0 saturated carbocycles. The SMILES string of the molecule is CN(C(=O)Cn1ccc(N)n1)c1cccnc1. The predicted octanol–water partition coefficient (Wildman–Crippen LogP) is 0.523. The van der Waals surface area contributed by atoms with Gasteiger partial charge in [0, 0.05) is 19.4 Å². The Kier molecular flexibility index (Phi) is 3.04. The van der Waals surface area contributed by atoms with Crippen LogP contribution in [0, 0.1) is 0 Å². The second-order valence-electron chi connectivity index (χ2n) is 3.60. The predicted molar refractivity (Wildman–Crippen MR) is 64.3 cm³/mol. The quantitative estimate of drug-likeness (QED) is 0.835. The van der Waals surface area contributed by atoms with E-state index < -0.39 is 0 Å². The molecule has 0 spiro atoms.